The molecule has 3 aromatic rings. The second-order valence-corrected chi connectivity index (χ2v) is 5.71. The number of nitrogens with zero attached hydrogens (tertiary/aromatic N) is 2. The van der Waals surface area contributed by atoms with E-state index in [4.69, 9.17) is 5.26 Å². The van der Waals surface area contributed by atoms with Crippen molar-refractivity contribution in [1.82, 2.24) is 4.98 Å². The summed E-state index contributed by atoms with van der Waals surface area (Å²) in [7, 11) is 0. The van der Waals surface area contributed by atoms with Crippen LogP contribution in [0.25, 0.3) is 0 Å². The van der Waals surface area contributed by atoms with Crippen molar-refractivity contribution >= 4 is 23.1 Å². The predicted molar refractivity (Wildman–Crippen MR) is 98.1 cm³/mol. The Morgan fingerprint density at radius 3 is 2.29 bits per heavy atom. The first-order valence-electron chi connectivity index (χ1n) is 8.08. The molecule has 1 amide bonds. The zero-order chi connectivity index (χ0) is 20.1. The Balaban J connectivity index is 1.76. The van der Waals surface area contributed by atoms with E-state index in [0.717, 1.165) is 6.07 Å². The van der Waals surface area contributed by atoms with Crippen molar-refractivity contribution in [3.63, 3.8) is 0 Å². The van der Waals surface area contributed by atoms with Crippen LogP contribution in [0.3, 0.4) is 0 Å². The van der Waals surface area contributed by atoms with Crippen LogP contribution in [0, 0.1) is 11.3 Å². The van der Waals surface area contributed by atoms with Gasteiger partial charge in [-0.05, 0) is 36.4 Å². The third kappa shape index (κ3) is 4.27. The number of carbonyl (C=O) groups excluding carboxylic acids is 1. The topological polar surface area (TPSA) is 77.8 Å². The molecule has 0 aliphatic rings. The molecule has 2 N–H and O–H groups in total. The van der Waals surface area contributed by atoms with E-state index in [2.05, 4.69) is 15.6 Å². The largest absolute Gasteiger partial charge is 0.418 e. The van der Waals surface area contributed by atoms with Crippen LogP contribution in [-0.4, -0.2) is 10.9 Å². The number of alkyl halides is 3. The van der Waals surface area contributed by atoms with Gasteiger partial charge in [0.2, 0.25) is 0 Å². The van der Waals surface area contributed by atoms with E-state index >= 15 is 0 Å². The summed E-state index contributed by atoms with van der Waals surface area (Å²) in [6, 6.07) is 16.4. The number of carbonyl (C=O) groups is 1. The molecule has 140 valence electrons. The molecule has 28 heavy (non-hydrogen) atoms. The van der Waals surface area contributed by atoms with Crippen molar-refractivity contribution in [3.8, 4) is 6.07 Å². The zero-order valence-corrected chi connectivity index (χ0v) is 14.3. The number of hydrogen-bond donors (Lipinski definition) is 2. The maximum absolute atomic E-state index is 13.1. The first-order valence-corrected chi connectivity index (χ1v) is 8.08. The van der Waals surface area contributed by atoms with Crippen molar-refractivity contribution < 1.29 is 18.0 Å². The lowest BCUT2D eigenvalue weighted by atomic mass is 10.1. The number of nitriles is 1. The fourth-order valence-corrected chi connectivity index (χ4v) is 2.46. The number of halogens is 3. The maximum atomic E-state index is 13.1. The Bertz CT molecular complexity index is 1040. The van der Waals surface area contributed by atoms with Gasteiger partial charge in [0.05, 0.1) is 28.1 Å². The van der Waals surface area contributed by atoms with Gasteiger partial charge in [0.1, 0.15) is 11.9 Å². The molecule has 5 nitrogen and oxygen atoms in total. The first-order chi connectivity index (χ1) is 13.4. The Morgan fingerprint density at radius 2 is 1.64 bits per heavy atom. The Kier molecular flexibility index (Phi) is 5.27. The van der Waals surface area contributed by atoms with Gasteiger partial charge < -0.3 is 10.6 Å². The van der Waals surface area contributed by atoms with E-state index < -0.39 is 17.6 Å². The van der Waals surface area contributed by atoms with Crippen molar-refractivity contribution in [2.45, 2.75) is 6.18 Å². The second-order valence-electron chi connectivity index (χ2n) is 5.71. The van der Waals surface area contributed by atoms with Gasteiger partial charge in [0, 0.05) is 6.20 Å². The molecule has 3 rings (SSSR count). The highest BCUT2D eigenvalue weighted by molar-refractivity contribution is 6.04. The van der Waals surface area contributed by atoms with Gasteiger partial charge >= 0.3 is 6.18 Å². The van der Waals surface area contributed by atoms with Gasteiger partial charge in [0.25, 0.3) is 5.91 Å². The SMILES string of the molecule is N#Cc1ccccc1NC(=O)c1ccc(Nc2ccccc2C(F)(F)F)nc1. The fraction of sp³-hybridized carbons (Fsp3) is 0.0500. The molecule has 1 heterocycles. The van der Waals surface area contributed by atoms with Crippen molar-refractivity contribution in [2.24, 2.45) is 0 Å². The van der Waals surface area contributed by atoms with E-state index in [0.29, 0.717) is 11.3 Å². The number of benzene rings is 2. The number of anilines is 3. The second kappa shape index (κ2) is 7.80. The number of hydrogen-bond acceptors (Lipinski definition) is 4. The first kappa shape index (κ1) is 18.9. The lowest BCUT2D eigenvalue weighted by molar-refractivity contribution is -0.136. The lowest BCUT2D eigenvalue weighted by Gasteiger charge is -2.14. The molecule has 0 bridgehead atoms. The number of para-hydroxylation sites is 2. The molecule has 0 aliphatic heterocycles. The molecule has 0 saturated heterocycles. The maximum Gasteiger partial charge on any atom is 0.418 e. The molecule has 0 radical (unpaired) electrons. The summed E-state index contributed by atoms with van der Waals surface area (Å²) in [6.07, 6.45) is -3.26. The third-order valence-corrected chi connectivity index (χ3v) is 3.82. The summed E-state index contributed by atoms with van der Waals surface area (Å²) in [5, 5.41) is 14.3. The summed E-state index contributed by atoms with van der Waals surface area (Å²) >= 11 is 0. The van der Waals surface area contributed by atoms with Gasteiger partial charge in [0.15, 0.2) is 0 Å². The minimum atomic E-state index is -4.50. The van der Waals surface area contributed by atoms with Gasteiger partial charge in [-0.3, -0.25) is 4.79 Å². The van der Waals surface area contributed by atoms with Crippen LogP contribution >= 0.6 is 0 Å². The smallest absolute Gasteiger partial charge is 0.340 e. The molecule has 0 unspecified atom stereocenters. The van der Waals surface area contributed by atoms with Gasteiger partial charge in [-0.25, -0.2) is 4.98 Å². The van der Waals surface area contributed by atoms with Crippen LogP contribution in [0.2, 0.25) is 0 Å². The van der Waals surface area contributed by atoms with Gasteiger partial charge in [-0.1, -0.05) is 24.3 Å². The Hall–Kier alpha value is -3.86. The molecule has 0 spiro atoms. The molecule has 0 fully saturated rings. The highest BCUT2D eigenvalue weighted by Gasteiger charge is 2.33. The molecule has 8 heteroatoms. The molecule has 0 aliphatic carbocycles. The summed E-state index contributed by atoms with van der Waals surface area (Å²) in [4.78, 5) is 16.3. The number of aromatic nitrogens is 1. The van der Waals surface area contributed by atoms with Gasteiger partial charge in [-0.2, -0.15) is 18.4 Å². The normalized spacial score (nSPS) is 10.8. The molecule has 1 aromatic heterocycles. The Labute approximate surface area is 158 Å². The van der Waals surface area contributed by atoms with E-state index in [9.17, 15) is 18.0 Å². The van der Waals surface area contributed by atoms with Crippen LogP contribution in [0.5, 0.6) is 0 Å². The van der Waals surface area contributed by atoms with E-state index in [-0.39, 0.29) is 17.1 Å². The number of pyridine rings is 1. The minimum Gasteiger partial charge on any atom is -0.340 e. The van der Waals surface area contributed by atoms with E-state index in [1.54, 1.807) is 24.3 Å². The quantitative estimate of drug-likeness (QED) is 0.668. The zero-order valence-electron chi connectivity index (χ0n) is 14.3. The third-order valence-electron chi connectivity index (χ3n) is 3.82. The van der Waals surface area contributed by atoms with E-state index in [1.807, 2.05) is 6.07 Å². The molecule has 2 aromatic carbocycles. The molecular weight excluding hydrogens is 369 g/mol. The summed E-state index contributed by atoms with van der Waals surface area (Å²) in [5.41, 5.74) is -0.0843. The molecular formula is C20H13F3N4O. The van der Waals surface area contributed by atoms with Crippen molar-refractivity contribution in [3.05, 3.63) is 83.6 Å². The van der Waals surface area contributed by atoms with Crippen LogP contribution in [0.15, 0.2) is 66.9 Å². The van der Waals surface area contributed by atoms with Gasteiger partial charge in [-0.15, -0.1) is 0 Å². The highest BCUT2D eigenvalue weighted by Crippen LogP contribution is 2.35. The Morgan fingerprint density at radius 1 is 0.964 bits per heavy atom. The standard InChI is InChI=1S/C20H13F3N4O/c21-20(22,23)15-6-2-4-8-17(15)26-18-10-9-14(12-25-18)19(28)27-16-7-3-1-5-13(16)11-24/h1-10,12H,(H,25,26)(H,27,28). The number of rotatable bonds is 4. The number of amides is 1. The fourth-order valence-electron chi connectivity index (χ4n) is 2.46. The number of nitrogens with one attached hydrogen (secondary N) is 2. The predicted octanol–water partition coefficient (Wildman–Crippen LogP) is 4.97. The minimum absolute atomic E-state index is 0.136. The highest BCUT2D eigenvalue weighted by atomic mass is 19.4. The summed E-state index contributed by atoms with van der Waals surface area (Å²) in [5.74, 6) is -0.330. The average Bonchev–Trinajstić information content (AvgIpc) is 2.68. The molecule has 0 saturated carbocycles. The van der Waals surface area contributed by atoms with Crippen LogP contribution in [0.4, 0.5) is 30.4 Å². The average molecular weight is 382 g/mol. The van der Waals surface area contributed by atoms with Crippen LogP contribution < -0.4 is 10.6 Å². The van der Waals surface area contributed by atoms with Crippen LogP contribution in [-0.2, 0) is 6.18 Å². The monoisotopic (exact) mass is 382 g/mol. The molecule has 0 atom stereocenters. The lowest BCUT2D eigenvalue weighted by Crippen LogP contribution is -2.13. The van der Waals surface area contributed by atoms with Crippen molar-refractivity contribution in [1.29, 1.82) is 5.26 Å². The summed E-state index contributed by atoms with van der Waals surface area (Å²) in [6.45, 7) is 0. The van der Waals surface area contributed by atoms with Crippen LogP contribution in [0.1, 0.15) is 21.5 Å². The van der Waals surface area contributed by atoms with Crippen molar-refractivity contribution in [2.75, 3.05) is 10.6 Å². The summed E-state index contributed by atoms with van der Waals surface area (Å²) < 4.78 is 39.2. The van der Waals surface area contributed by atoms with E-state index in [1.165, 1.54) is 36.5 Å².